The first kappa shape index (κ1) is 14.3. The third-order valence-electron chi connectivity index (χ3n) is 3.40. The first-order valence-electron chi connectivity index (χ1n) is 6.20. The largest absolute Gasteiger partial charge is 0.416 e. The van der Waals surface area contributed by atoms with Gasteiger partial charge in [0.2, 0.25) is 0 Å². The maximum atomic E-state index is 13.0. The zero-order valence-corrected chi connectivity index (χ0v) is 10.4. The average molecular weight is 276 g/mol. The van der Waals surface area contributed by atoms with Crippen LogP contribution in [-0.2, 0) is 12.7 Å². The van der Waals surface area contributed by atoms with Gasteiger partial charge in [0.25, 0.3) is 0 Å². The van der Waals surface area contributed by atoms with Gasteiger partial charge >= 0.3 is 6.18 Å². The van der Waals surface area contributed by atoms with E-state index in [9.17, 15) is 17.6 Å². The van der Waals surface area contributed by atoms with Crippen LogP contribution in [0, 0.1) is 5.82 Å². The molecule has 0 aliphatic carbocycles. The number of hydrogen-bond acceptors (Lipinski definition) is 2. The molecular formula is C13H16F4N2. The highest BCUT2D eigenvalue weighted by Gasteiger charge is 2.34. The van der Waals surface area contributed by atoms with Crippen LogP contribution in [0.1, 0.15) is 24.0 Å². The van der Waals surface area contributed by atoms with E-state index >= 15 is 0 Å². The smallest absolute Gasteiger partial charge is 0.328 e. The summed E-state index contributed by atoms with van der Waals surface area (Å²) in [4.78, 5) is 1.92. The van der Waals surface area contributed by atoms with Crippen molar-refractivity contribution in [1.29, 1.82) is 0 Å². The van der Waals surface area contributed by atoms with Crippen LogP contribution in [0.3, 0.4) is 0 Å². The van der Waals surface area contributed by atoms with E-state index in [1.807, 2.05) is 4.90 Å². The maximum absolute atomic E-state index is 13.0. The summed E-state index contributed by atoms with van der Waals surface area (Å²) in [5.74, 6) is -0.864. The summed E-state index contributed by atoms with van der Waals surface area (Å²) in [6.45, 7) is 1.54. The highest BCUT2D eigenvalue weighted by Crippen LogP contribution is 2.33. The zero-order valence-electron chi connectivity index (χ0n) is 10.4. The molecule has 0 unspecified atom stereocenters. The molecule has 0 atom stereocenters. The van der Waals surface area contributed by atoms with Crippen molar-refractivity contribution < 1.29 is 17.6 Å². The Bertz CT molecular complexity index is 437. The summed E-state index contributed by atoms with van der Waals surface area (Å²) < 4.78 is 51.5. The fourth-order valence-electron chi connectivity index (χ4n) is 2.30. The molecule has 0 saturated carbocycles. The Hall–Kier alpha value is -1.14. The quantitative estimate of drug-likeness (QED) is 0.842. The highest BCUT2D eigenvalue weighted by atomic mass is 19.4. The topological polar surface area (TPSA) is 29.3 Å². The fraction of sp³-hybridized carbons (Fsp3) is 0.538. The molecule has 1 aliphatic rings. The third kappa shape index (κ3) is 3.67. The summed E-state index contributed by atoms with van der Waals surface area (Å²) in [6.07, 6.45) is -2.96. The van der Waals surface area contributed by atoms with E-state index in [1.54, 1.807) is 0 Å². The van der Waals surface area contributed by atoms with Crippen LogP contribution in [0.15, 0.2) is 18.2 Å². The van der Waals surface area contributed by atoms with Crippen molar-refractivity contribution >= 4 is 0 Å². The minimum absolute atomic E-state index is 0.115. The predicted molar refractivity (Wildman–Crippen MR) is 63.9 cm³/mol. The molecule has 6 heteroatoms. The minimum Gasteiger partial charge on any atom is -0.328 e. The van der Waals surface area contributed by atoms with Gasteiger partial charge in [-0.15, -0.1) is 0 Å². The van der Waals surface area contributed by atoms with E-state index in [0.29, 0.717) is 19.2 Å². The number of hydrogen-bond donors (Lipinski definition) is 1. The van der Waals surface area contributed by atoms with E-state index in [4.69, 9.17) is 5.73 Å². The molecule has 19 heavy (non-hydrogen) atoms. The second kappa shape index (κ2) is 5.46. The van der Waals surface area contributed by atoms with Crippen molar-refractivity contribution in [2.24, 2.45) is 5.73 Å². The van der Waals surface area contributed by atoms with Crippen LogP contribution in [-0.4, -0.2) is 24.0 Å². The second-order valence-corrected chi connectivity index (χ2v) is 4.91. The van der Waals surface area contributed by atoms with Crippen molar-refractivity contribution in [2.45, 2.75) is 31.6 Å². The van der Waals surface area contributed by atoms with E-state index in [-0.39, 0.29) is 18.2 Å². The highest BCUT2D eigenvalue weighted by molar-refractivity contribution is 5.30. The molecule has 0 amide bonds. The van der Waals surface area contributed by atoms with Gasteiger partial charge < -0.3 is 5.73 Å². The van der Waals surface area contributed by atoms with Gasteiger partial charge in [-0.05, 0) is 43.6 Å². The molecule has 1 aromatic rings. The van der Waals surface area contributed by atoms with Crippen molar-refractivity contribution in [2.75, 3.05) is 13.1 Å². The molecule has 2 N–H and O–H groups in total. The minimum atomic E-state index is -4.52. The van der Waals surface area contributed by atoms with Gasteiger partial charge in [-0.25, -0.2) is 4.39 Å². The Morgan fingerprint density at radius 1 is 1.21 bits per heavy atom. The van der Waals surface area contributed by atoms with Gasteiger partial charge in [-0.1, -0.05) is 6.07 Å². The molecule has 106 valence electrons. The van der Waals surface area contributed by atoms with Gasteiger partial charge in [0.05, 0.1) is 5.56 Å². The van der Waals surface area contributed by atoms with Crippen molar-refractivity contribution in [3.05, 3.63) is 35.1 Å². The maximum Gasteiger partial charge on any atom is 0.416 e. The molecule has 0 bridgehead atoms. The normalized spacial score (nSPS) is 18.8. The molecule has 2 rings (SSSR count). The lowest BCUT2D eigenvalue weighted by molar-refractivity contribution is -0.138. The van der Waals surface area contributed by atoms with E-state index in [2.05, 4.69) is 0 Å². The molecule has 0 spiro atoms. The van der Waals surface area contributed by atoms with Crippen LogP contribution >= 0.6 is 0 Å². The van der Waals surface area contributed by atoms with Gasteiger partial charge in [-0.2, -0.15) is 13.2 Å². The number of rotatable bonds is 2. The number of nitrogens with zero attached hydrogens (tertiary/aromatic N) is 1. The Morgan fingerprint density at radius 3 is 2.42 bits per heavy atom. The molecule has 0 radical (unpaired) electrons. The van der Waals surface area contributed by atoms with E-state index in [0.717, 1.165) is 18.9 Å². The number of halogens is 4. The Balaban J connectivity index is 2.16. The van der Waals surface area contributed by atoms with Crippen molar-refractivity contribution in [3.8, 4) is 0 Å². The first-order valence-corrected chi connectivity index (χ1v) is 6.20. The molecule has 2 nitrogen and oxygen atoms in total. The summed E-state index contributed by atoms with van der Waals surface area (Å²) in [5.41, 5.74) is 4.98. The Morgan fingerprint density at radius 2 is 1.84 bits per heavy atom. The van der Waals surface area contributed by atoms with E-state index in [1.165, 1.54) is 6.07 Å². The summed E-state index contributed by atoms with van der Waals surface area (Å²) in [5, 5.41) is 0. The summed E-state index contributed by atoms with van der Waals surface area (Å²) >= 11 is 0. The van der Waals surface area contributed by atoms with Crippen LogP contribution in [0.4, 0.5) is 17.6 Å². The van der Waals surface area contributed by atoms with E-state index < -0.39 is 17.6 Å². The third-order valence-corrected chi connectivity index (χ3v) is 3.40. The summed E-state index contributed by atoms with van der Waals surface area (Å²) in [7, 11) is 0. The predicted octanol–water partition coefficient (Wildman–Crippen LogP) is 2.77. The standard InChI is InChI=1S/C13H16F4N2/c14-10-2-1-9(12(7-10)13(15,16)17)8-19-5-3-11(18)4-6-19/h1-2,7,11H,3-6,8,18H2. The Kier molecular flexibility index (Phi) is 4.10. The molecule has 1 aromatic carbocycles. The molecule has 1 fully saturated rings. The number of nitrogens with two attached hydrogens (primary N) is 1. The fourth-order valence-corrected chi connectivity index (χ4v) is 2.30. The van der Waals surface area contributed by atoms with Gasteiger partial charge in [0, 0.05) is 12.6 Å². The number of alkyl halides is 3. The van der Waals surface area contributed by atoms with Crippen LogP contribution in [0.5, 0.6) is 0 Å². The molecule has 0 aromatic heterocycles. The van der Waals surface area contributed by atoms with Crippen molar-refractivity contribution in [3.63, 3.8) is 0 Å². The van der Waals surface area contributed by atoms with Crippen LogP contribution < -0.4 is 5.73 Å². The molecule has 1 saturated heterocycles. The average Bonchev–Trinajstić information content (AvgIpc) is 2.33. The lowest BCUT2D eigenvalue weighted by atomic mass is 10.0. The molecule has 1 aliphatic heterocycles. The lowest BCUT2D eigenvalue weighted by Crippen LogP contribution is -2.39. The van der Waals surface area contributed by atoms with Crippen LogP contribution in [0.25, 0.3) is 0 Å². The van der Waals surface area contributed by atoms with Gasteiger partial charge in [-0.3, -0.25) is 4.90 Å². The number of piperidine rings is 1. The molecule has 1 heterocycles. The lowest BCUT2D eigenvalue weighted by Gasteiger charge is -2.30. The number of likely N-dealkylation sites (tertiary alicyclic amines) is 1. The SMILES string of the molecule is NC1CCN(Cc2ccc(F)cc2C(F)(F)F)CC1. The van der Waals surface area contributed by atoms with Gasteiger partial charge in [0.15, 0.2) is 0 Å². The number of benzene rings is 1. The Labute approximate surface area is 109 Å². The molecular weight excluding hydrogens is 260 g/mol. The summed E-state index contributed by atoms with van der Waals surface area (Å²) in [6, 6.07) is 2.98. The second-order valence-electron chi connectivity index (χ2n) is 4.91. The van der Waals surface area contributed by atoms with Crippen molar-refractivity contribution in [1.82, 2.24) is 4.90 Å². The zero-order chi connectivity index (χ0) is 14.0. The monoisotopic (exact) mass is 276 g/mol. The van der Waals surface area contributed by atoms with Crippen LogP contribution in [0.2, 0.25) is 0 Å². The first-order chi connectivity index (χ1) is 8.86. The van der Waals surface area contributed by atoms with Gasteiger partial charge in [0.1, 0.15) is 5.82 Å².